The molecule has 8 heteroatoms. The third-order valence-electron chi connectivity index (χ3n) is 2.85. The largest absolute Gasteiger partial charge is 0.478 e. The molecule has 1 aromatic heterocycles. The van der Waals surface area contributed by atoms with E-state index < -0.39 is 17.6 Å². The smallest absolute Gasteiger partial charge is 0.337 e. The number of hydrogen-bond donors (Lipinski definition) is 2. The van der Waals surface area contributed by atoms with Gasteiger partial charge in [-0.15, -0.1) is 5.10 Å². The molecule has 0 aliphatic rings. The standard InChI is InChI=1S/C13H7F2N3O2S/c14-7-3-1-2-4-8(7)16-11-6(13(19)20)5-9-12(10(11)15)17-18-21-9/h1-5,16H,(H,19,20). The Kier molecular flexibility index (Phi) is 3.22. The molecule has 0 unspecified atom stereocenters. The van der Waals surface area contributed by atoms with E-state index in [4.69, 9.17) is 0 Å². The van der Waals surface area contributed by atoms with Crippen molar-refractivity contribution < 1.29 is 18.7 Å². The zero-order valence-corrected chi connectivity index (χ0v) is 11.1. The van der Waals surface area contributed by atoms with Gasteiger partial charge in [0.25, 0.3) is 0 Å². The Morgan fingerprint density at radius 2 is 2.05 bits per heavy atom. The summed E-state index contributed by atoms with van der Waals surface area (Å²) in [4.78, 5) is 11.3. The number of halogens is 2. The fourth-order valence-electron chi connectivity index (χ4n) is 1.87. The highest BCUT2D eigenvalue weighted by Gasteiger charge is 2.21. The molecule has 1 heterocycles. The van der Waals surface area contributed by atoms with Gasteiger partial charge in [-0.2, -0.15) is 0 Å². The normalized spacial score (nSPS) is 10.8. The second-order valence-electron chi connectivity index (χ2n) is 4.14. The summed E-state index contributed by atoms with van der Waals surface area (Å²) in [5.41, 5.74) is -0.729. The van der Waals surface area contributed by atoms with Crippen molar-refractivity contribution in [1.82, 2.24) is 9.59 Å². The number of fused-ring (bicyclic) bond motifs is 1. The van der Waals surface area contributed by atoms with Crippen molar-refractivity contribution in [2.45, 2.75) is 0 Å². The van der Waals surface area contributed by atoms with Crippen LogP contribution in [0.1, 0.15) is 10.4 Å². The van der Waals surface area contributed by atoms with Crippen molar-refractivity contribution in [2.75, 3.05) is 5.32 Å². The van der Waals surface area contributed by atoms with Crippen LogP contribution >= 0.6 is 11.5 Å². The summed E-state index contributed by atoms with van der Waals surface area (Å²) in [6.07, 6.45) is 0. The highest BCUT2D eigenvalue weighted by molar-refractivity contribution is 7.13. The fraction of sp³-hybridized carbons (Fsp3) is 0. The van der Waals surface area contributed by atoms with E-state index in [-0.39, 0.29) is 22.5 Å². The van der Waals surface area contributed by atoms with Crippen LogP contribution in [0.15, 0.2) is 30.3 Å². The van der Waals surface area contributed by atoms with Gasteiger partial charge in [-0.05, 0) is 29.7 Å². The minimum Gasteiger partial charge on any atom is -0.478 e. The van der Waals surface area contributed by atoms with Crippen molar-refractivity contribution in [1.29, 1.82) is 0 Å². The van der Waals surface area contributed by atoms with E-state index in [1.165, 1.54) is 24.3 Å². The predicted molar refractivity (Wildman–Crippen MR) is 74.0 cm³/mol. The molecule has 2 aromatic carbocycles. The lowest BCUT2D eigenvalue weighted by Gasteiger charge is -2.11. The van der Waals surface area contributed by atoms with Gasteiger partial charge in [-0.1, -0.05) is 16.6 Å². The van der Waals surface area contributed by atoms with Crippen LogP contribution in [0.25, 0.3) is 10.2 Å². The molecule has 0 saturated heterocycles. The van der Waals surface area contributed by atoms with Gasteiger partial charge >= 0.3 is 5.97 Å². The number of carbonyl (C=O) groups is 1. The first kappa shape index (κ1) is 13.4. The fourth-order valence-corrected chi connectivity index (χ4v) is 2.47. The van der Waals surface area contributed by atoms with Gasteiger partial charge < -0.3 is 10.4 Å². The average Bonchev–Trinajstić information content (AvgIpc) is 2.92. The maximum Gasteiger partial charge on any atom is 0.337 e. The molecule has 0 aliphatic carbocycles. The second kappa shape index (κ2) is 5.06. The molecule has 0 bridgehead atoms. The molecular formula is C13H7F2N3O2S. The lowest BCUT2D eigenvalue weighted by molar-refractivity contribution is 0.0697. The summed E-state index contributed by atoms with van der Waals surface area (Å²) in [6.45, 7) is 0. The van der Waals surface area contributed by atoms with Crippen LogP contribution in [0.4, 0.5) is 20.2 Å². The SMILES string of the molecule is O=C(O)c1cc2snnc2c(F)c1Nc1ccccc1F. The van der Waals surface area contributed by atoms with Crippen LogP contribution in [0.3, 0.4) is 0 Å². The van der Waals surface area contributed by atoms with Gasteiger partial charge in [0.1, 0.15) is 11.3 Å². The summed E-state index contributed by atoms with van der Waals surface area (Å²) < 4.78 is 31.9. The molecule has 0 atom stereocenters. The van der Waals surface area contributed by atoms with E-state index in [9.17, 15) is 18.7 Å². The van der Waals surface area contributed by atoms with Crippen molar-refractivity contribution >= 4 is 39.1 Å². The number of hydrogen-bond acceptors (Lipinski definition) is 5. The van der Waals surface area contributed by atoms with E-state index in [1.54, 1.807) is 6.07 Å². The number of benzene rings is 2. The number of nitrogens with one attached hydrogen (secondary N) is 1. The Labute approximate surface area is 121 Å². The minimum absolute atomic E-state index is 0.0264. The quantitative estimate of drug-likeness (QED) is 0.775. The molecule has 0 fully saturated rings. The molecule has 0 saturated carbocycles. The number of para-hydroxylation sites is 1. The van der Waals surface area contributed by atoms with Gasteiger partial charge in [0, 0.05) is 0 Å². The van der Waals surface area contributed by atoms with Gasteiger partial charge in [0.2, 0.25) is 0 Å². The van der Waals surface area contributed by atoms with E-state index in [1.807, 2.05) is 0 Å². The van der Waals surface area contributed by atoms with Crippen LogP contribution in [-0.4, -0.2) is 20.7 Å². The number of carboxylic acids is 1. The van der Waals surface area contributed by atoms with Crippen LogP contribution in [0.2, 0.25) is 0 Å². The van der Waals surface area contributed by atoms with Gasteiger partial charge in [-0.3, -0.25) is 0 Å². The van der Waals surface area contributed by atoms with Crippen molar-refractivity contribution in [2.24, 2.45) is 0 Å². The Morgan fingerprint density at radius 1 is 1.29 bits per heavy atom. The highest BCUT2D eigenvalue weighted by atomic mass is 32.1. The van der Waals surface area contributed by atoms with Gasteiger partial charge in [-0.25, -0.2) is 13.6 Å². The van der Waals surface area contributed by atoms with Crippen LogP contribution in [0.5, 0.6) is 0 Å². The third-order valence-corrected chi connectivity index (χ3v) is 3.52. The molecular weight excluding hydrogens is 300 g/mol. The van der Waals surface area contributed by atoms with Gasteiger partial charge in [0.05, 0.1) is 21.6 Å². The number of carboxylic acid groups (broad SMARTS) is 1. The van der Waals surface area contributed by atoms with E-state index >= 15 is 0 Å². The summed E-state index contributed by atoms with van der Waals surface area (Å²) in [7, 11) is 0. The topological polar surface area (TPSA) is 75.1 Å². The van der Waals surface area contributed by atoms with Gasteiger partial charge in [0.15, 0.2) is 5.82 Å². The summed E-state index contributed by atoms with van der Waals surface area (Å²) in [6, 6.07) is 6.84. The summed E-state index contributed by atoms with van der Waals surface area (Å²) in [5.74, 6) is -2.82. The predicted octanol–water partition coefficient (Wildman–Crippen LogP) is 3.41. The molecule has 0 spiro atoms. The zero-order chi connectivity index (χ0) is 15.0. The van der Waals surface area contributed by atoms with E-state index in [2.05, 4.69) is 14.9 Å². The Hall–Kier alpha value is -2.61. The van der Waals surface area contributed by atoms with Crippen molar-refractivity contribution in [3.8, 4) is 0 Å². The van der Waals surface area contributed by atoms with Crippen LogP contribution in [-0.2, 0) is 0 Å². The molecule has 3 aromatic rings. The summed E-state index contributed by atoms with van der Waals surface area (Å²) >= 11 is 0.885. The van der Waals surface area contributed by atoms with Crippen LogP contribution < -0.4 is 5.32 Å². The molecule has 5 nitrogen and oxygen atoms in total. The highest BCUT2D eigenvalue weighted by Crippen LogP contribution is 2.32. The molecule has 3 rings (SSSR count). The molecule has 0 radical (unpaired) electrons. The molecule has 0 amide bonds. The molecule has 2 N–H and O–H groups in total. The Balaban J connectivity index is 2.20. The summed E-state index contributed by atoms with van der Waals surface area (Å²) in [5, 5.41) is 15.3. The minimum atomic E-state index is -1.33. The first-order chi connectivity index (χ1) is 10.1. The third kappa shape index (κ3) is 2.29. The monoisotopic (exact) mass is 307 g/mol. The number of aromatic carboxylic acids is 1. The Bertz CT molecular complexity index is 851. The first-order valence-electron chi connectivity index (χ1n) is 5.77. The lowest BCUT2D eigenvalue weighted by Crippen LogP contribution is -2.06. The average molecular weight is 307 g/mol. The van der Waals surface area contributed by atoms with Crippen molar-refractivity contribution in [3.63, 3.8) is 0 Å². The van der Waals surface area contributed by atoms with E-state index in [0.717, 1.165) is 11.5 Å². The number of nitrogens with zero attached hydrogens (tertiary/aromatic N) is 2. The first-order valence-corrected chi connectivity index (χ1v) is 6.54. The van der Waals surface area contributed by atoms with Crippen LogP contribution in [0, 0.1) is 11.6 Å². The maximum absolute atomic E-state index is 14.4. The lowest BCUT2D eigenvalue weighted by atomic mass is 10.1. The Morgan fingerprint density at radius 3 is 2.76 bits per heavy atom. The number of rotatable bonds is 3. The second-order valence-corrected chi connectivity index (χ2v) is 4.93. The maximum atomic E-state index is 14.4. The molecule has 106 valence electrons. The molecule has 21 heavy (non-hydrogen) atoms. The number of anilines is 2. The van der Waals surface area contributed by atoms with Crippen molar-refractivity contribution in [3.05, 3.63) is 47.5 Å². The molecule has 0 aliphatic heterocycles. The van der Waals surface area contributed by atoms with E-state index in [0.29, 0.717) is 4.70 Å². The number of aromatic nitrogens is 2. The zero-order valence-electron chi connectivity index (χ0n) is 10.3.